The average molecular weight is 194 g/mol. The van der Waals surface area contributed by atoms with Gasteiger partial charge in [-0.2, -0.15) is 0 Å². The van der Waals surface area contributed by atoms with Crippen LogP contribution in [0.4, 0.5) is 11.4 Å². The molecule has 0 aliphatic heterocycles. The lowest BCUT2D eigenvalue weighted by Crippen LogP contribution is -2.16. The Balaban J connectivity index is 2.25. The summed E-state index contributed by atoms with van der Waals surface area (Å²) < 4.78 is 0. The number of anilines is 2. The maximum Gasteiger partial charge on any atom is 0.0547 e. The van der Waals surface area contributed by atoms with Crippen molar-refractivity contribution < 1.29 is 0 Å². The maximum absolute atomic E-state index is 5.60. The molecule has 0 aliphatic carbocycles. The molecule has 0 saturated carbocycles. The van der Waals surface area contributed by atoms with E-state index in [0.29, 0.717) is 5.69 Å². The number of nitrogens with one attached hydrogen (secondary N) is 1. The highest BCUT2D eigenvalue weighted by atomic mass is 15.1. The molecule has 0 amide bonds. The first-order valence-corrected chi connectivity index (χ1v) is 4.77. The Hall–Kier alpha value is -1.29. The van der Waals surface area contributed by atoms with Crippen LogP contribution >= 0.6 is 0 Å². The summed E-state index contributed by atoms with van der Waals surface area (Å²) in [4.78, 5) is 6.17. The summed E-state index contributed by atoms with van der Waals surface area (Å²) in [6.45, 7) is 2.03. The second-order valence-electron chi connectivity index (χ2n) is 3.59. The first-order valence-electron chi connectivity index (χ1n) is 4.77. The van der Waals surface area contributed by atoms with E-state index >= 15 is 0 Å². The molecule has 3 N–H and O–H groups in total. The summed E-state index contributed by atoms with van der Waals surface area (Å²) in [5.41, 5.74) is 7.29. The van der Waals surface area contributed by atoms with Crippen LogP contribution in [0.1, 0.15) is 6.42 Å². The Morgan fingerprint density at radius 2 is 2.21 bits per heavy atom. The fraction of sp³-hybridized carbons (Fsp3) is 0.500. The van der Waals surface area contributed by atoms with Crippen LogP contribution in [0.25, 0.3) is 0 Å². The number of rotatable bonds is 5. The van der Waals surface area contributed by atoms with E-state index in [0.717, 1.165) is 25.2 Å². The van der Waals surface area contributed by atoms with Crippen molar-refractivity contribution in [3.8, 4) is 0 Å². The van der Waals surface area contributed by atoms with Crippen LogP contribution in [-0.4, -0.2) is 37.1 Å². The topological polar surface area (TPSA) is 54.2 Å². The minimum Gasteiger partial charge on any atom is -0.397 e. The van der Waals surface area contributed by atoms with Gasteiger partial charge in [-0.1, -0.05) is 0 Å². The first-order chi connectivity index (χ1) is 6.68. The van der Waals surface area contributed by atoms with Crippen molar-refractivity contribution in [2.24, 2.45) is 0 Å². The summed E-state index contributed by atoms with van der Waals surface area (Å²) in [5.74, 6) is 0. The SMILES string of the molecule is CN(C)CCCNc1cncc(N)c1. The minimum atomic E-state index is 0.697. The molecule has 0 aromatic carbocycles. The molecule has 4 nitrogen and oxygen atoms in total. The van der Waals surface area contributed by atoms with E-state index in [2.05, 4.69) is 29.3 Å². The van der Waals surface area contributed by atoms with Crippen LogP contribution in [0.3, 0.4) is 0 Å². The van der Waals surface area contributed by atoms with Gasteiger partial charge in [0, 0.05) is 12.7 Å². The number of pyridine rings is 1. The van der Waals surface area contributed by atoms with Gasteiger partial charge >= 0.3 is 0 Å². The van der Waals surface area contributed by atoms with Crippen LogP contribution in [-0.2, 0) is 0 Å². The molecular formula is C10H18N4. The van der Waals surface area contributed by atoms with Crippen LogP contribution < -0.4 is 11.1 Å². The zero-order chi connectivity index (χ0) is 10.4. The maximum atomic E-state index is 5.60. The van der Waals surface area contributed by atoms with Crippen LogP contribution in [0.15, 0.2) is 18.5 Å². The minimum absolute atomic E-state index is 0.697. The molecular weight excluding hydrogens is 176 g/mol. The number of hydrogen-bond acceptors (Lipinski definition) is 4. The largest absolute Gasteiger partial charge is 0.397 e. The van der Waals surface area contributed by atoms with Crippen molar-refractivity contribution >= 4 is 11.4 Å². The summed E-state index contributed by atoms with van der Waals surface area (Å²) >= 11 is 0. The Bertz CT molecular complexity index is 273. The summed E-state index contributed by atoms with van der Waals surface area (Å²) in [6.07, 6.45) is 4.54. The molecule has 0 bridgehead atoms. The highest BCUT2D eigenvalue weighted by molar-refractivity contribution is 5.51. The standard InChI is InChI=1S/C10H18N4/c1-14(2)5-3-4-13-10-6-9(11)7-12-8-10/h6-8,13H,3-5,11H2,1-2H3. The molecule has 1 aromatic heterocycles. The van der Waals surface area contributed by atoms with Crippen molar-refractivity contribution in [2.45, 2.75) is 6.42 Å². The second-order valence-corrected chi connectivity index (χ2v) is 3.59. The van der Waals surface area contributed by atoms with Gasteiger partial charge in [-0.05, 0) is 33.1 Å². The molecule has 0 aliphatic rings. The monoisotopic (exact) mass is 194 g/mol. The van der Waals surface area contributed by atoms with Gasteiger partial charge in [0.25, 0.3) is 0 Å². The molecule has 1 aromatic rings. The number of hydrogen-bond donors (Lipinski definition) is 2. The molecule has 4 heteroatoms. The lowest BCUT2D eigenvalue weighted by atomic mass is 10.3. The summed E-state index contributed by atoms with van der Waals surface area (Å²) in [6, 6.07) is 1.89. The quantitative estimate of drug-likeness (QED) is 0.687. The molecule has 1 rings (SSSR count). The van der Waals surface area contributed by atoms with Gasteiger partial charge in [0.2, 0.25) is 0 Å². The van der Waals surface area contributed by atoms with Gasteiger partial charge in [-0.15, -0.1) is 0 Å². The fourth-order valence-corrected chi connectivity index (χ4v) is 1.18. The van der Waals surface area contributed by atoms with Gasteiger partial charge in [-0.3, -0.25) is 4.98 Å². The Labute approximate surface area is 85.1 Å². The molecule has 78 valence electrons. The lowest BCUT2D eigenvalue weighted by molar-refractivity contribution is 0.405. The lowest BCUT2D eigenvalue weighted by Gasteiger charge is -2.10. The van der Waals surface area contributed by atoms with E-state index in [4.69, 9.17) is 5.73 Å². The van der Waals surface area contributed by atoms with Gasteiger partial charge in [0.05, 0.1) is 17.6 Å². The van der Waals surface area contributed by atoms with Crippen molar-refractivity contribution in [1.82, 2.24) is 9.88 Å². The summed E-state index contributed by atoms with van der Waals surface area (Å²) in [7, 11) is 4.14. The Morgan fingerprint density at radius 3 is 2.86 bits per heavy atom. The highest BCUT2D eigenvalue weighted by Gasteiger charge is 1.93. The highest BCUT2D eigenvalue weighted by Crippen LogP contribution is 2.08. The predicted molar refractivity (Wildman–Crippen MR) is 60.3 cm³/mol. The number of nitrogen functional groups attached to an aromatic ring is 1. The molecule has 0 fully saturated rings. The molecule has 0 unspecified atom stereocenters. The third-order valence-electron chi connectivity index (χ3n) is 1.87. The predicted octanol–water partition coefficient (Wildman–Crippen LogP) is 1.03. The molecule has 0 atom stereocenters. The van der Waals surface area contributed by atoms with Crippen molar-refractivity contribution in [3.05, 3.63) is 18.5 Å². The third-order valence-corrected chi connectivity index (χ3v) is 1.87. The molecule has 0 saturated heterocycles. The molecule has 0 spiro atoms. The first kappa shape index (κ1) is 10.8. The van der Waals surface area contributed by atoms with Crippen LogP contribution in [0.5, 0.6) is 0 Å². The van der Waals surface area contributed by atoms with E-state index in [1.54, 1.807) is 12.4 Å². The molecule has 14 heavy (non-hydrogen) atoms. The van der Waals surface area contributed by atoms with Crippen molar-refractivity contribution in [3.63, 3.8) is 0 Å². The second kappa shape index (κ2) is 5.44. The van der Waals surface area contributed by atoms with Gasteiger partial charge in [-0.25, -0.2) is 0 Å². The zero-order valence-corrected chi connectivity index (χ0v) is 8.83. The van der Waals surface area contributed by atoms with Crippen LogP contribution in [0, 0.1) is 0 Å². The van der Waals surface area contributed by atoms with Gasteiger partial charge in [0.15, 0.2) is 0 Å². The van der Waals surface area contributed by atoms with Gasteiger partial charge < -0.3 is 16.0 Å². The van der Waals surface area contributed by atoms with E-state index < -0.39 is 0 Å². The smallest absolute Gasteiger partial charge is 0.0547 e. The molecule has 1 heterocycles. The number of aromatic nitrogens is 1. The Kier molecular flexibility index (Phi) is 4.19. The van der Waals surface area contributed by atoms with Gasteiger partial charge in [0.1, 0.15) is 0 Å². The summed E-state index contributed by atoms with van der Waals surface area (Å²) in [5, 5.41) is 3.27. The Morgan fingerprint density at radius 1 is 1.43 bits per heavy atom. The molecule has 0 radical (unpaired) electrons. The normalized spacial score (nSPS) is 10.5. The average Bonchev–Trinajstić information content (AvgIpc) is 2.12. The van der Waals surface area contributed by atoms with E-state index in [1.165, 1.54) is 0 Å². The number of nitrogens with two attached hydrogens (primary N) is 1. The van der Waals surface area contributed by atoms with E-state index in [1.807, 2.05) is 6.07 Å². The van der Waals surface area contributed by atoms with Crippen molar-refractivity contribution in [2.75, 3.05) is 38.2 Å². The number of nitrogens with zero attached hydrogens (tertiary/aromatic N) is 2. The zero-order valence-electron chi connectivity index (χ0n) is 8.83. The third kappa shape index (κ3) is 4.09. The van der Waals surface area contributed by atoms with E-state index in [-0.39, 0.29) is 0 Å². The van der Waals surface area contributed by atoms with Crippen LogP contribution in [0.2, 0.25) is 0 Å². The fourth-order valence-electron chi connectivity index (χ4n) is 1.18. The van der Waals surface area contributed by atoms with Crippen molar-refractivity contribution in [1.29, 1.82) is 0 Å². The van der Waals surface area contributed by atoms with E-state index in [9.17, 15) is 0 Å².